The molecule has 0 aliphatic carbocycles. The second kappa shape index (κ2) is 8.77. The van der Waals surface area contributed by atoms with Crippen LogP contribution in [0.5, 0.6) is 0 Å². The molecule has 0 bridgehead atoms. The van der Waals surface area contributed by atoms with E-state index in [0.29, 0.717) is 6.54 Å². The summed E-state index contributed by atoms with van der Waals surface area (Å²) in [4.78, 5) is 18.6. The van der Waals surface area contributed by atoms with Gasteiger partial charge in [-0.2, -0.15) is 0 Å². The first-order valence-corrected chi connectivity index (χ1v) is 9.70. The third-order valence-electron chi connectivity index (χ3n) is 5.20. The number of benzene rings is 1. The zero-order valence-electron chi connectivity index (χ0n) is 16.0. The van der Waals surface area contributed by atoms with E-state index in [0.717, 1.165) is 48.6 Å². The average molecular weight is 391 g/mol. The fourth-order valence-corrected chi connectivity index (χ4v) is 3.48. The number of anilines is 1. The molecule has 1 fully saturated rings. The second-order valence-electron chi connectivity index (χ2n) is 7.12. The van der Waals surface area contributed by atoms with Gasteiger partial charge in [0.05, 0.1) is 5.69 Å². The molecule has 1 N–H and O–H groups in total. The van der Waals surface area contributed by atoms with Gasteiger partial charge in [0, 0.05) is 43.5 Å². The first-order valence-electron chi connectivity index (χ1n) is 9.70. The van der Waals surface area contributed by atoms with E-state index < -0.39 is 0 Å². The van der Waals surface area contributed by atoms with E-state index in [2.05, 4.69) is 25.4 Å². The topological polar surface area (TPSA) is 71.0 Å². The summed E-state index contributed by atoms with van der Waals surface area (Å²) in [6.07, 6.45) is 5.00. The van der Waals surface area contributed by atoms with Crippen LogP contribution in [0.3, 0.4) is 0 Å². The molecule has 29 heavy (non-hydrogen) atoms. The van der Waals surface area contributed by atoms with Gasteiger partial charge >= 0.3 is 0 Å². The second-order valence-corrected chi connectivity index (χ2v) is 7.12. The lowest BCUT2D eigenvalue weighted by Gasteiger charge is -2.31. The lowest BCUT2D eigenvalue weighted by molar-refractivity contribution is -0.125. The Hall–Kier alpha value is -3.35. The molecule has 2 aromatic heterocycles. The normalized spacial score (nSPS) is 14.6. The van der Waals surface area contributed by atoms with Crippen LogP contribution in [-0.4, -0.2) is 34.2 Å². The Kier molecular flexibility index (Phi) is 5.74. The van der Waals surface area contributed by atoms with Crippen LogP contribution in [0.15, 0.2) is 60.9 Å². The minimum atomic E-state index is -0.274. The van der Waals surface area contributed by atoms with Crippen LogP contribution in [0.2, 0.25) is 0 Å². The highest BCUT2D eigenvalue weighted by Gasteiger charge is 2.25. The Bertz CT molecular complexity index is 939. The average Bonchev–Trinajstić information content (AvgIpc) is 2.79. The van der Waals surface area contributed by atoms with Crippen molar-refractivity contribution >= 4 is 11.7 Å². The number of piperidine rings is 1. The van der Waals surface area contributed by atoms with Crippen LogP contribution in [-0.2, 0) is 11.3 Å². The molecule has 0 spiro atoms. The molecule has 3 aromatic rings. The summed E-state index contributed by atoms with van der Waals surface area (Å²) in [5.41, 5.74) is 2.68. The van der Waals surface area contributed by atoms with Crippen LogP contribution in [0.1, 0.15) is 18.4 Å². The molecule has 0 saturated carbocycles. The highest BCUT2D eigenvalue weighted by atomic mass is 19.1. The predicted octanol–water partition coefficient (Wildman–Crippen LogP) is 3.21. The Balaban J connectivity index is 1.28. The molecular weight excluding hydrogens is 369 g/mol. The summed E-state index contributed by atoms with van der Waals surface area (Å²) in [6.45, 7) is 1.94. The number of hydrogen-bond acceptors (Lipinski definition) is 5. The summed E-state index contributed by atoms with van der Waals surface area (Å²) >= 11 is 0. The summed E-state index contributed by atoms with van der Waals surface area (Å²) in [6, 6.07) is 13.9. The zero-order chi connectivity index (χ0) is 20.1. The van der Waals surface area contributed by atoms with Crippen LogP contribution in [0.25, 0.3) is 11.3 Å². The molecule has 7 heteroatoms. The number of amides is 1. The molecule has 148 valence electrons. The number of nitrogens with zero attached hydrogens (tertiary/aromatic N) is 4. The first-order chi connectivity index (χ1) is 14.2. The third-order valence-corrected chi connectivity index (χ3v) is 5.20. The van der Waals surface area contributed by atoms with E-state index in [4.69, 9.17) is 0 Å². The number of halogens is 1. The maximum Gasteiger partial charge on any atom is 0.223 e. The quantitative estimate of drug-likeness (QED) is 0.723. The highest BCUT2D eigenvalue weighted by Crippen LogP contribution is 2.23. The minimum Gasteiger partial charge on any atom is -0.355 e. The van der Waals surface area contributed by atoms with Crippen LogP contribution < -0.4 is 10.2 Å². The van der Waals surface area contributed by atoms with Gasteiger partial charge in [0.15, 0.2) is 5.82 Å². The Morgan fingerprint density at radius 1 is 1.00 bits per heavy atom. The van der Waals surface area contributed by atoms with Crippen molar-refractivity contribution in [2.45, 2.75) is 19.4 Å². The van der Waals surface area contributed by atoms with Crippen molar-refractivity contribution in [2.75, 3.05) is 18.0 Å². The highest BCUT2D eigenvalue weighted by molar-refractivity contribution is 5.79. The summed E-state index contributed by atoms with van der Waals surface area (Å²) in [5.74, 6) is 0.584. The van der Waals surface area contributed by atoms with Crippen LogP contribution in [0.4, 0.5) is 10.2 Å². The van der Waals surface area contributed by atoms with Gasteiger partial charge < -0.3 is 10.2 Å². The molecular formula is C22H22FN5O. The molecule has 6 nitrogen and oxygen atoms in total. The third kappa shape index (κ3) is 4.74. The van der Waals surface area contributed by atoms with Gasteiger partial charge in [0.25, 0.3) is 0 Å². The van der Waals surface area contributed by atoms with E-state index in [-0.39, 0.29) is 17.6 Å². The number of carbonyl (C=O) groups excluding carboxylic acids is 1. The standard InChI is InChI=1S/C22H22FN5O/c23-19-3-1-16(2-4-19)15-25-22(29)18-9-13-28(14-10-18)21-6-5-20(26-27-21)17-7-11-24-12-8-17/h1-8,11-12,18H,9-10,13-15H2,(H,25,29). The number of nitrogens with one attached hydrogen (secondary N) is 1. The fraction of sp³-hybridized carbons (Fsp3) is 0.273. The molecule has 4 rings (SSSR count). The van der Waals surface area contributed by atoms with Crippen molar-refractivity contribution in [1.29, 1.82) is 0 Å². The molecule has 1 aromatic carbocycles. The van der Waals surface area contributed by atoms with Crippen molar-refractivity contribution in [3.63, 3.8) is 0 Å². The predicted molar refractivity (Wildman–Crippen MR) is 108 cm³/mol. The number of carbonyl (C=O) groups is 1. The molecule has 1 saturated heterocycles. The number of rotatable bonds is 5. The van der Waals surface area contributed by atoms with Gasteiger partial charge in [-0.15, -0.1) is 10.2 Å². The summed E-state index contributed by atoms with van der Waals surface area (Å²) in [5, 5.41) is 11.6. The van der Waals surface area contributed by atoms with Gasteiger partial charge in [0.1, 0.15) is 5.82 Å². The van der Waals surface area contributed by atoms with E-state index in [1.165, 1.54) is 12.1 Å². The minimum absolute atomic E-state index is 0.0178. The number of pyridine rings is 1. The van der Waals surface area contributed by atoms with Crippen molar-refractivity contribution in [3.05, 3.63) is 72.3 Å². The smallest absolute Gasteiger partial charge is 0.223 e. The fourth-order valence-electron chi connectivity index (χ4n) is 3.48. The van der Waals surface area contributed by atoms with Gasteiger partial charge in [-0.3, -0.25) is 9.78 Å². The molecule has 3 heterocycles. The molecule has 0 radical (unpaired) electrons. The van der Waals surface area contributed by atoms with Crippen molar-refractivity contribution in [3.8, 4) is 11.3 Å². The van der Waals surface area contributed by atoms with Gasteiger partial charge in [-0.25, -0.2) is 4.39 Å². The van der Waals surface area contributed by atoms with Crippen molar-refractivity contribution in [1.82, 2.24) is 20.5 Å². The molecule has 1 aliphatic rings. The van der Waals surface area contributed by atoms with E-state index >= 15 is 0 Å². The molecule has 0 atom stereocenters. The maximum atomic E-state index is 13.0. The summed E-state index contributed by atoms with van der Waals surface area (Å²) in [7, 11) is 0. The lowest BCUT2D eigenvalue weighted by atomic mass is 9.96. The van der Waals surface area contributed by atoms with E-state index in [9.17, 15) is 9.18 Å². The largest absolute Gasteiger partial charge is 0.355 e. The van der Waals surface area contributed by atoms with Crippen molar-refractivity contribution in [2.24, 2.45) is 5.92 Å². The van der Waals surface area contributed by atoms with Crippen LogP contribution >= 0.6 is 0 Å². The first kappa shape index (κ1) is 19.0. The van der Waals surface area contributed by atoms with E-state index in [1.54, 1.807) is 24.5 Å². The lowest BCUT2D eigenvalue weighted by Crippen LogP contribution is -2.40. The zero-order valence-corrected chi connectivity index (χ0v) is 16.0. The molecule has 1 amide bonds. The van der Waals surface area contributed by atoms with E-state index in [1.807, 2.05) is 24.3 Å². The summed E-state index contributed by atoms with van der Waals surface area (Å²) < 4.78 is 13.0. The van der Waals surface area contributed by atoms with Gasteiger partial charge in [0.2, 0.25) is 5.91 Å². The monoisotopic (exact) mass is 391 g/mol. The van der Waals surface area contributed by atoms with Crippen LogP contribution in [0, 0.1) is 11.7 Å². The Labute approximate surface area is 168 Å². The Morgan fingerprint density at radius 3 is 2.38 bits per heavy atom. The van der Waals surface area contributed by atoms with Gasteiger partial charge in [-0.1, -0.05) is 12.1 Å². The van der Waals surface area contributed by atoms with Crippen molar-refractivity contribution < 1.29 is 9.18 Å². The van der Waals surface area contributed by atoms with Gasteiger partial charge in [-0.05, 0) is 54.8 Å². The SMILES string of the molecule is O=C(NCc1ccc(F)cc1)C1CCN(c2ccc(-c3ccncc3)nn2)CC1. The molecule has 1 aliphatic heterocycles. The number of hydrogen-bond donors (Lipinski definition) is 1. The maximum absolute atomic E-state index is 13.0. The number of aromatic nitrogens is 3. The Morgan fingerprint density at radius 2 is 1.72 bits per heavy atom. The molecule has 0 unspecified atom stereocenters.